The molecule has 6 nitrogen and oxygen atoms in total. The van der Waals surface area contributed by atoms with Gasteiger partial charge in [-0.1, -0.05) is 60.7 Å². The van der Waals surface area contributed by atoms with Gasteiger partial charge in [0.25, 0.3) is 11.5 Å². The molecule has 0 spiro atoms. The maximum Gasteiger partial charge on any atom is 0.279 e. The molecule has 33 heavy (non-hydrogen) atoms. The number of aryl methyl sites for hydroxylation is 1. The summed E-state index contributed by atoms with van der Waals surface area (Å²) >= 11 is 0. The van der Waals surface area contributed by atoms with Crippen molar-refractivity contribution in [3.05, 3.63) is 124 Å². The first kappa shape index (κ1) is 22.0. The van der Waals surface area contributed by atoms with E-state index in [1.807, 2.05) is 91.9 Å². The first-order chi connectivity index (χ1) is 16.1. The van der Waals surface area contributed by atoms with Gasteiger partial charge in [-0.15, -0.1) is 0 Å². The van der Waals surface area contributed by atoms with Crippen molar-refractivity contribution in [3.8, 4) is 5.75 Å². The number of ether oxygens (including phenoxy) is 1. The predicted octanol–water partition coefficient (Wildman–Crippen LogP) is 4.48. The van der Waals surface area contributed by atoms with Crippen LogP contribution in [0.1, 0.15) is 21.6 Å². The normalized spacial score (nSPS) is 10.6. The second-order valence-electron chi connectivity index (χ2n) is 7.66. The van der Waals surface area contributed by atoms with Crippen molar-refractivity contribution in [2.45, 2.75) is 20.0 Å². The summed E-state index contributed by atoms with van der Waals surface area (Å²) in [6.07, 6.45) is 0. The van der Waals surface area contributed by atoms with Gasteiger partial charge in [-0.05, 0) is 48.4 Å². The van der Waals surface area contributed by atoms with Crippen LogP contribution in [0.2, 0.25) is 0 Å². The lowest BCUT2D eigenvalue weighted by Crippen LogP contribution is -2.34. The summed E-state index contributed by atoms with van der Waals surface area (Å²) < 4.78 is 6.95. The van der Waals surface area contributed by atoms with E-state index in [2.05, 4.69) is 5.10 Å². The Hall–Kier alpha value is -4.19. The van der Waals surface area contributed by atoms with Crippen molar-refractivity contribution < 1.29 is 9.53 Å². The van der Waals surface area contributed by atoms with E-state index in [-0.39, 0.29) is 30.3 Å². The minimum atomic E-state index is -0.284. The van der Waals surface area contributed by atoms with Gasteiger partial charge in [0.1, 0.15) is 18.1 Å². The molecule has 1 amide bonds. The zero-order valence-corrected chi connectivity index (χ0v) is 18.4. The number of hydrogen-bond donors (Lipinski definition) is 0. The molecule has 0 bridgehead atoms. The molecule has 0 unspecified atom stereocenters. The van der Waals surface area contributed by atoms with Crippen molar-refractivity contribution >= 4 is 11.6 Å². The van der Waals surface area contributed by atoms with E-state index < -0.39 is 0 Å². The number of rotatable bonds is 8. The van der Waals surface area contributed by atoms with Crippen LogP contribution in [-0.4, -0.2) is 22.3 Å². The third kappa shape index (κ3) is 5.74. The van der Waals surface area contributed by atoms with Gasteiger partial charge in [-0.3, -0.25) is 9.59 Å². The van der Waals surface area contributed by atoms with Gasteiger partial charge in [-0.25, -0.2) is 4.68 Å². The van der Waals surface area contributed by atoms with Gasteiger partial charge in [0.2, 0.25) is 0 Å². The Balaban J connectivity index is 1.57. The zero-order valence-electron chi connectivity index (χ0n) is 18.4. The van der Waals surface area contributed by atoms with E-state index in [4.69, 9.17) is 4.74 Å². The summed E-state index contributed by atoms with van der Waals surface area (Å²) in [6.45, 7) is 2.87. The molecule has 0 saturated carbocycles. The van der Waals surface area contributed by atoms with Crippen molar-refractivity contribution in [3.63, 3.8) is 0 Å². The minimum absolute atomic E-state index is 0.201. The molecular weight excluding hydrogens is 414 g/mol. The zero-order chi connectivity index (χ0) is 23.0. The van der Waals surface area contributed by atoms with E-state index in [9.17, 15) is 9.59 Å². The van der Waals surface area contributed by atoms with Crippen LogP contribution in [0.5, 0.6) is 5.75 Å². The molecule has 0 aliphatic rings. The number of para-hydroxylation sites is 1. The van der Waals surface area contributed by atoms with Crippen LogP contribution in [0.3, 0.4) is 0 Å². The Labute approximate surface area is 192 Å². The van der Waals surface area contributed by atoms with Crippen LogP contribution >= 0.6 is 0 Å². The topological polar surface area (TPSA) is 64.4 Å². The third-order valence-electron chi connectivity index (χ3n) is 5.14. The van der Waals surface area contributed by atoms with Crippen molar-refractivity contribution in [2.75, 3.05) is 11.5 Å². The fourth-order valence-corrected chi connectivity index (χ4v) is 3.47. The van der Waals surface area contributed by atoms with Crippen molar-refractivity contribution in [1.82, 2.24) is 9.78 Å². The average Bonchev–Trinajstić information content (AvgIpc) is 2.84. The molecule has 0 aliphatic heterocycles. The standard InChI is InChI=1S/C27H25N3O3/c1-21-9-8-12-23(19-21)29(20-22-10-4-2-5-11-22)27(32)25-15-16-26(31)30(28-25)17-18-33-24-13-6-3-7-14-24/h2-16,19H,17-18,20H2,1H3. The van der Waals surface area contributed by atoms with Crippen molar-refractivity contribution in [2.24, 2.45) is 0 Å². The molecular formula is C27H25N3O3. The second-order valence-corrected chi connectivity index (χ2v) is 7.66. The highest BCUT2D eigenvalue weighted by atomic mass is 16.5. The minimum Gasteiger partial charge on any atom is -0.492 e. The lowest BCUT2D eigenvalue weighted by molar-refractivity contribution is 0.0977. The van der Waals surface area contributed by atoms with E-state index in [1.54, 1.807) is 4.90 Å². The maximum absolute atomic E-state index is 13.5. The number of benzene rings is 3. The van der Waals surface area contributed by atoms with Gasteiger partial charge in [0.05, 0.1) is 13.1 Å². The smallest absolute Gasteiger partial charge is 0.279 e. The molecule has 6 heteroatoms. The number of nitrogens with zero attached hydrogens (tertiary/aromatic N) is 3. The quantitative estimate of drug-likeness (QED) is 0.406. The summed E-state index contributed by atoms with van der Waals surface area (Å²) in [5.41, 5.74) is 2.74. The van der Waals surface area contributed by atoms with Crippen LogP contribution in [0.15, 0.2) is 102 Å². The average molecular weight is 440 g/mol. The molecule has 4 rings (SSSR count). The van der Waals surface area contributed by atoms with E-state index in [1.165, 1.54) is 16.8 Å². The fourth-order valence-electron chi connectivity index (χ4n) is 3.47. The van der Waals surface area contributed by atoms with Gasteiger partial charge in [0, 0.05) is 11.8 Å². The molecule has 0 atom stereocenters. The SMILES string of the molecule is Cc1cccc(N(Cc2ccccc2)C(=O)c2ccc(=O)n(CCOc3ccccc3)n2)c1. The van der Waals surface area contributed by atoms with E-state index in [0.29, 0.717) is 12.3 Å². The molecule has 3 aromatic carbocycles. The van der Waals surface area contributed by atoms with Gasteiger partial charge >= 0.3 is 0 Å². The number of carbonyl (C=O) groups is 1. The number of anilines is 1. The lowest BCUT2D eigenvalue weighted by atomic mass is 10.1. The number of hydrogen-bond acceptors (Lipinski definition) is 4. The molecule has 0 radical (unpaired) electrons. The Kier molecular flexibility index (Phi) is 6.95. The highest BCUT2D eigenvalue weighted by Crippen LogP contribution is 2.21. The van der Waals surface area contributed by atoms with Gasteiger partial charge < -0.3 is 9.64 Å². The molecule has 4 aromatic rings. The highest BCUT2D eigenvalue weighted by Gasteiger charge is 2.20. The van der Waals surface area contributed by atoms with E-state index in [0.717, 1.165) is 16.8 Å². The van der Waals surface area contributed by atoms with Crippen LogP contribution in [0.4, 0.5) is 5.69 Å². The summed E-state index contributed by atoms with van der Waals surface area (Å²) in [5.74, 6) is 0.438. The van der Waals surface area contributed by atoms with Crippen molar-refractivity contribution in [1.29, 1.82) is 0 Å². The summed E-state index contributed by atoms with van der Waals surface area (Å²) in [7, 11) is 0. The highest BCUT2D eigenvalue weighted by molar-refractivity contribution is 6.04. The fraction of sp³-hybridized carbons (Fsp3) is 0.148. The molecule has 0 fully saturated rings. The molecule has 166 valence electrons. The Morgan fingerprint density at radius 1 is 0.909 bits per heavy atom. The van der Waals surface area contributed by atoms with Crippen LogP contribution in [-0.2, 0) is 13.1 Å². The molecule has 1 heterocycles. The van der Waals surface area contributed by atoms with Crippen LogP contribution < -0.4 is 15.2 Å². The largest absolute Gasteiger partial charge is 0.492 e. The Morgan fingerprint density at radius 2 is 1.64 bits per heavy atom. The number of carbonyl (C=O) groups excluding carboxylic acids is 1. The second kappa shape index (κ2) is 10.4. The Morgan fingerprint density at radius 3 is 2.36 bits per heavy atom. The summed E-state index contributed by atoms with van der Waals surface area (Å²) in [5, 5.41) is 4.35. The first-order valence-corrected chi connectivity index (χ1v) is 10.8. The van der Waals surface area contributed by atoms with Crippen LogP contribution in [0.25, 0.3) is 0 Å². The van der Waals surface area contributed by atoms with Crippen LogP contribution in [0, 0.1) is 6.92 Å². The monoisotopic (exact) mass is 439 g/mol. The number of amides is 1. The summed E-state index contributed by atoms with van der Waals surface area (Å²) in [4.78, 5) is 27.5. The number of aromatic nitrogens is 2. The summed E-state index contributed by atoms with van der Waals surface area (Å²) in [6, 6.07) is 29.8. The first-order valence-electron chi connectivity index (χ1n) is 10.8. The Bertz CT molecular complexity index is 1270. The third-order valence-corrected chi connectivity index (χ3v) is 5.14. The molecule has 0 N–H and O–H groups in total. The lowest BCUT2D eigenvalue weighted by Gasteiger charge is -2.23. The van der Waals surface area contributed by atoms with E-state index >= 15 is 0 Å². The molecule has 0 aliphatic carbocycles. The van der Waals surface area contributed by atoms with Gasteiger partial charge in [-0.2, -0.15) is 5.10 Å². The maximum atomic E-state index is 13.5. The van der Waals surface area contributed by atoms with Gasteiger partial charge in [0.15, 0.2) is 0 Å². The predicted molar refractivity (Wildman–Crippen MR) is 129 cm³/mol. The molecule has 0 saturated heterocycles. The molecule has 1 aromatic heterocycles.